The number of aromatic nitrogens is 4. The van der Waals surface area contributed by atoms with E-state index in [9.17, 15) is 0 Å². The molecule has 3 aromatic heterocycles. The molecule has 4 heterocycles. The van der Waals surface area contributed by atoms with E-state index in [0.29, 0.717) is 5.82 Å². The van der Waals surface area contributed by atoms with E-state index in [4.69, 9.17) is 10.7 Å². The van der Waals surface area contributed by atoms with Crippen LogP contribution in [0, 0.1) is 0 Å². The van der Waals surface area contributed by atoms with Gasteiger partial charge in [0.15, 0.2) is 0 Å². The molecule has 30 heavy (non-hydrogen) atoms. The molecule has 5 rings (SSSR count). The van der Waals surface area contributed by atoms with Crippen molar-refractivity contribution in [1.82, 2.24) is 29.3 Å². The van der Waals surface area contributed by atoms with Gasteiger partial charge in [-0.05, 0) is 13.1 Å². The average Bonchev–Trinajstić information content (AvgIpc) is 3.39. The van der Waals surface area contributed by atoms with Gasteiger partial charge in [-0.25, -0.2) is 15.0 Å². The molecule has 0 bridgehead atoms. The Labute approximate surface area is 179 Å². The number of nitrogen functional groups attached to an aromatic ring is 1. The van der Waals surface area contributed by atoms with Gasteiger partial charge in [0.05, 0.1) is 28.0 Å². The van der Waals surface area contributed by atoms with Gasteiger partial charge in [-0.2, -0.15) is 0 Å². The number of rotatable bonds is 5. The molecule has 0 atom stereocenters. The fraction of sp³-hybridized carbons (Fsp3) is 0.318. The van der Waals surface area contributed by atoms with Crippen molar-refractivity contribution in [1.29, 1.82) is 0 Å². The molecule has 1 aliphatic heterocycles. The van der Waals surface area contributed by atoms with Crippen LogP contribution in [0.5, 0.6) is 0 Å². The summed E-state index contributed by atoms with van der Waals surface area (Å²) in [5.41, 5.74) is 9.33. The maximum atomic E-state index is 6.10. The summed E-state index contributed by atoms with van der Waals surface area (Å²) in [5, 5.41) is 0.906. The number of anilines is 1. The number of likely N-dealkylation sites (N-methyl/N-ethyl adjacent to an activating group) is 1. The van der Waals surface area contributed by atoms with Crippen molar-refractivity contribution in [3.05, 3.63) is 49.1 Å². The minimum atomic E-state index is 0.521. The molecule has 0 spiro atoms. The quantitative estimate of drug-likeness (QED) is 0.536. The van der Waals surface area contributed by atoms with Gasteiger partial charge in [-0.15, -0.1) is 11.3 Å². The molecular formula is C22H25N7S. The Kier molecular flexibility index (Phi) is 5.20. The third-order valence-corrected chi connectivity index (χ3v) is 6.78. The van der Waals surface area contributed by atoms with Gasteiger partial charge in [-0.1, -0.05) is 30.3 Å². The largest absolute Gasteiger partial charge is 0.383 e. The smallest absolute Gasteiger partial charge is 0.135 e. The SMILES string of the molecule is CN1CCN(CCn2cnc(-c3ccccc3)c2-c2cc3c(N)ncnc3s2)CC1. The lowest BCUT2D eigenvalue weighted by Crippen LogP contribution is -2.45. The van der Waals surface area contributed by atoms with Crippen molar-refractivity contribution < 1.29 is 0 Å². The van der Waals surface area contributed by atoms with Gasteiger partial charge in [0.2, 0.25) is 0 Å². The van der Waals surface area contributed by atoms with Gasteiger partial charge >= 0.3 is 0 Å². The number of imidazole rings is 1. The van der Waals surface area contributed by atoms with E-state index in [2.05, 4.69) is 61.7 Å². The van der Waals surface area contributed by atoms with Crippen molar-refractivity contribution in [2.24, 2.45) is 0 Å². The number of hydrogen-bond acceptors (Lipinski definition) is 7. The summed E-state index contributed by atoms with van der Waals surface area (Å²) < 4.78 is 2.27. The number of hydrogen-bond donors (Lipinski definition) is 1. The second-order valence-corrected chi connectivity index (χ2v) is 8.77. The fourth-order valence-electron chi connectivity index (χ4n) is 3.93. The van der Waals surface area contributed by atoms with E-state index in [1.807, 2.05) is 12.4 Å². The van der Waals surface area contributed by atoms with Gasteiger partial charge < -0.3 is 15.2 Å². The zero-order chi connectivity index (χ0) is 20.5. The summed E-state index contributed by atoms with van der Waals surface area (Å²) in [6, 6.07) is 12.5. The van der Waals surface area contributed by atoms with Crippen LogP contribution in [0.25, 0.3) is 32.0 Å². The van der Waals surface area contributed by atoms with Crippen LogP contribution in [0.3, 0.4) is 0 Å². The molecule has 4 aromatic rings. The first-order valence-corrected chi connectivity index (χ1v) is 11.0. The van der Waals surface area contributed by atoms with Gasteiger partial charge in [0.25, 0.3) is 0 Å². The van der Waals surface area contributed by atoms with Crippen molar-refractivity contribution >= 4 is 27.4 Å². The van der Waals surface area contributed by atoms with Crippen molar-refractivity contribution in [2.75, 3.05) is 45.5 Å². The number of piperazine rings is 1. The van der Waals surface area contributed by atoms with E-state index in [1.165, 1.54) is 6.33 Å². The molecule has 1 saturated heterocycles. The van der Waals surface area contributed by atoms with E-state index in [0.717, 1.165) is 71.3 Å². The molecule has 8 heteroatoms. The summed E-state index contributed by atoms with van der Waals surface area (Å²) in [4.78, 5) is 20.3. The molecule has 1 aliphatic rings. The number of nitrogens with two attached hydrogens (primary N) is 1. The van der Waals surface area contributed by atoms with Gasteiger partial charge in [0.1, 0.15) is 17.0 Å². The van der Waals surface area contributed by atoms with Crippen LogP contribution in [0.4, 0.5) is 5.82 Å². The lowest BCUT2D eigenvalue weighted by Gasteiger charge is -2.32. The molecule has 0 unspecified atom stereocenters. The zero-order valence-electron chi connectivity index (χ0n) is 17.0. The minimum absolute atomic E-state index is 0.521. The summed E-state index contributed by atoms with van der Waals surface area (Å²) in [6.07, 6.45) is 3.49. The Morgan fingerprint density at radius 3 is 2.57 bits per heavy atom. The Morgan fingerprint density at radius 1 is 1.00 bits per heavy atom. The molecule has 1 aromatic carbocycles. The Morgan fingerprint density at radius 2 is 1.80 bits per heavy atom. The topological polar surface area (TPSA) is 76.1 Å². The molecule has 0 radical (unpaired) electrons. The third-order valence-electron chi connectivity index (χ3n) is 5.73. The lowest BCUT2D eigenvalue weighted by atomic mass is 10.1. The molecule has 7 nitrogen and oxygen atoms in total. The highest BCUT2D eigenvalue weighted by Gasteiger charge is 2.20. The highest BCUT2D eigenvalue weighted by molar-refractivity contribution is 7.21. The van der Waals surface area contributed by atoms with Crippen LogP contribution in [0.2, 0.25) is 0 Å². The minimum Gasteiger partial charge on any atom is -0.383 e. The summed E-state index contributed by atoms with van der Waals surface area (Å²) in [5.74, 6) is 0.521. The average molecular weight is 420 g/mol. The van der Waals surface area contributed by atoms with E-state index < -0.39 is 0 Å². The van der Waals surface area contributed by atoms with Gasteiger partial charge in [-0.3, -0.25) is 4.90 Å². The van der Waals surface area contributed by atoms with E-state index in [1.54, 1.807) is 11.3 Å². The maximum absolute atomic E-state index is 6.10. The van der Waals surface area contributed by atoms with Crippen LogP contribution >= 0.6 is 11.3 Å². The summed E-state index contributed by atoms with van der Waals surface area (Å²) >= 11 is 1.64. The first-order chi connectivity index (χ1) is 14.7. The predicted octanol–water partition coefficient (Wildman–Crippen LogP) is 3.05. The maximum Gasteiger partial charge on any atom is 0.135 e. The first kappa shape index (κ1) is 19.2. The summed E-state index contributed by atoms with van der Waals surface area (Å²) in [6.45, 7) is 6.38. The molecule has 0 amide bonds. The predicted molar refractivity (Wildman–Crippen MR) is 122 cm³/mol. The fourth-order valence-corrected chi connectivity index (χ4v) is 5.00. The van der Waals surface area contributed by atoms with Crippen LogP contribution in [0.15, 0.2) is 49.1 Å². The van der Waals surface area contributed by atoms with Crippen LogP contribution < -0.4 is 5.73 Å². The standard InChI is InChI=1S/C22H25N7S/c1-27-7-9-28(10-8-27)11-12-29-15-26-19(16-5-3-2-4-6-16)20(29)18-13-17-21(23)24-14-25-22(17)30-18/h2-6,13-15H,7-12H2,1H3,(H2,23,24,25). The number of thiophene rings is 1. The lowest BCUT2D eigenvalue weighted by molar-refractivity contribution is 0.150. The van der Waals surface area contributed by atoms with Crippen LogP contribution in [-0.4, -0.2) is 69.1 Å². The van der Waals surface area contributed by atoms with Crippen LogP contribution in [0.1, 0.15) is 0 Å². The normalized spacial score (nSPS) is 15.8. The van der Waals surface area contributed by atoms with Crippen molar-refractivity contribution in [3.63, 3.8) is 0 Å². The van der Waals surface area contributed by atoms with Crippen molar-refractivity contribution in [3.8, 4) is 21.8 Å². The Bertz CT molecular complexity index is 1140. The van der Waals surface area contributed by atoms with Crippen LogP contribution in [-0.2, 0) is 6.54 Å². The third kappa shape index (κ3) is 3.69. The number of benzene rings is 1. The van der Waals surface area contributed by atoms with E-state index in [-0.39, 0.29) is 0 Å². The second-order valence-electron chi connectivity index (χ2n) is 7.73. The molecule has 0 aliphatic carbocycles. The molecule has 154 valence electrons. The van der Waals surface area contributed by atoms with E-state index >= 15 is 0 Å². The zero-order valence-corrected chi connectivity index (χ0v) is 17.8. The first-order valence-electron chi connectivity index (χ1n) is 10.2. The Balaban J connectivity index is 1.52. The summed E-state index contributed by atoms with van der Waals surface area (Å²) in [7, 11) is 2.19. The highest BCUT2D eigenvalue weighted by atomic mass is 32.1. The highest BCUT2D eigenvalue weighted by Crippen LogP contribution is 2.38. The Hall–Kier alpha value is -2.81. The molecular weight excluding hydrogens is 394 g/mol. The monoisotopic (exact) mass is 419 g/mol. The van der Waals surface area contributed by atoms with Crippen molar-refractivity contribution in [2.45, 2.75) is 6.54 Å². The number of fused-ring (bicyclic) bond motifs is 1. The molecule has 0 saturated carbocycles. The van der Waals surface area contributed by atoms with Gasteiger partial charge in [0, 0.05) is 44.8 Å². The second kappa shape index (κ2) is 8.14. The molecule has 1 fully saturated rings. The molecule has 2 N–H and O–H groups in total. The number of nitrogens with zero attached hydrogens (tertiary/aromatic N) is 6.